The second-order valence-electron chi connectivity index (χ2n) is 14.8. The summed E-state index contributed by atoms with van der Waals surface area (Å²) in [5.41, 5.74) is 0. The van der Waals surface area contributed by atoms with E-state index in [0.29, 0.717) is 12.8 Å². The normalized spacial score (nSPS) is 12.0. The van der Waals surface area contributed by atoms with E-state index >= 15 is 0 Å². The third-order valence-corrected chi connectivity index (χ3v) is 9.84. The van der Waals surface area contributed by atoms with Crippen molar-refractivity contribution in [3.8, 4) is 0 Å². The molecule has 0 radical (unpaired) electrons. The second kappa shape index (κ2) is 40.3. The average molecular weight is 681 g/mol. The molecule has 0 aliphatic heterocycles. The van der Waals surface area contributed by atoms with Crippen molar-refractivity contribution in [3.05, 3.63) is 0 Å². The summed E-state index contributed by atoms with van der Waals surface area (Å²) in [7, 11) is 0. The Balaban J connectivity index is 3.35. The summed E-state index contributed by atoms with van der Waals surface area (Å²) in [6.45, 7) is 4.34. The predicted octanol–water partition coefficient (Wildman–Crippen LogP) is 13.5. The summed E-state index contributed by atoms with van der Waals surface area (Å²) in [4.78, 5) is 24.0. The Bertz CT molecular complexity index is 651. The lowest BCUT2D eigenvalue weighted by Gasteiger charge is -2.12. The van der Waals surface area contributed by atoms with E-state index in [1.807, 2.05) is 0 Å². The van der Waals surface area contributed by atoms with Gasteiger partial charge in [0.15, 0.2) is 0 Å². The lowest BCUT2D eigenvalue weighted by Crippen LogP contribution is -2.25. The van der Waals surface area contributed by atoms with Gasteiger partial charge in [-0.25, -0.2) is 0 Å². The topological polar surface area (TPSA) is 72.8 Å². The molecule has 1 atom stereocenters. The third kappa shape index (κ3) is 39.3. The van der Waals surface area contributed by atoms with E-state index in [2.05, 4.69) is 13.8 Å². The smallest absolute Gasteiger partial charge is 0.305 e. The van der Waals surface area contributed by atoms with E-state index in [1.54, 1.807) is 0 Å². The van der Waals surface area contributed by atoms with Crippen LogP contribution in [-0.4, -0.2) is 36.4 Å². The molecule has 286 valence electrons. The van der Waals surface area contributed by atoms with Crippen LogP contribution in [0.25, 0.3) is 0 Å². The first-order valence-corrected chi connectivity index (χ1v) is 21.6. The molecule has 5 heteroatoms. The van der Waals surface area contributed by atoms with Crippen molar-refractivity contribution in [2.24, 2.45) is 0 Å². The number of aliphatic hydroxyl groups is 1. The van der Waals surface area contributed by atoms with Crippen LogP contribution < -0.4 is 0 Å². The van der Waals surface area contributed by atoms with Gasteiger partial charge in [0.1, 0.15) is 19.3 Å². The van der Waals surface area contributed by atoms with Crippen molar-refractivity contribution in [1.29, 1.82) is 0 Å². The quantitative estimate of drug-likeness (QED) is 0.0515. The molecule has 0 aromatic rings. The van der Waals surface area contributed by atoms with Crippen molar-refractivity contribution in [2.75, 3.05) is 13.2 Å². The minimum absolute atomic E-state index is 0.107. The molecule has 0 aromatic heterocycles. The van der Waals surface area contributed by atoms with E-state index < -0.39 is 6.10 Å². The summed E-state index contributed by atoms with van der Waals surface area (Å²) in [6.07, 6.45) is 44.5. The maximum Gasteiger partial charge on any atom is 0.305 e. The van der Waals surface area contributed by atoms with Gasteiger partial charge < -0.3 is 14.6 Å². The molecule has 0 bridgehead atoms. The number of hydrogen-bond donors (Lipinski definition) is 1. The predicted molar refractivity (Wildman–Crippen MR) is 205 cm³/mol. The van der Waals surface area contributed by atoms with Crippen molar-refractivity contribution in [1.82, 2.24) is 0 Å². The average Bonchev–Trinajstić information content (AvgIpc) is 3.09. The largest absolute Gasteiger partial charge is 0.463 e. The van der Waals surface area contributed by atoms with Crippen LogP contribution in [0.1, 0.15) is 245 Å². The molecular weight excluding hydrogens is 596 g/mol. The first kappa shape index (κ1) is 46.9. The fraction of sp³-hybridized carbons (Fsp3) is 0.953. The van der Waals surface area contributed by atoms with Gasteiger partial charge in [-0.2, -0.15) is 0 Å². The minimum atomic E-state index is -0.955. The molecule has 0 aliphatic carbocycles. The molecule has 0 rings (SSSR count). The number of ether oxygens (including phenoxy) is 2. The zero-order valence-electron chi connectivity index (χ0n) is 32.5. The van der Waals surface area contributed by atoms with E-state index in [9.17, 15) is 14.7 Å². The molecular formula is C43H84O5. The molecule has 0 saturated carbocycles. The summed E-state index contributed by atoms with van der Waals surface area (Å²) < 4.78 is 10.4. The number of unbranched alkanes of at least 4 members (excludes halogenated alkanes) is 32. The van der Waals surface area contributed by atoms with Gasteiger partial charge >= 0.3 is 11.9 Å². The summed E-state index contributed by atoms with van der Waals surface area (Å²) in [6, 6.07) is 0. The van der Waals surface area contributed by atoms with E-state index in [4.69, 9.17) is 9.47 Å². The van der Waals surface area contributed by atoms with Crippen LogP contribution in [0.2, 0.25) is 0 Å². The number of rotatable bonds is 40. The van der Waals surface area contributed by atoms with Gasteiger partial charge in [0.05, 0.1) is 0 Å². The number of hydrogen-bond acceptors (Lipinski definition) is 5. The highest BCUT2D eigenvalue weighted by Gasteiger charge is 2.12. The maximum atomic E-state index is 12.0. The summed E-state index contributed by atoms with van der Waals surface area (Å²) in [5, 5.41) is 10.0. The fourth-order valence-electron chi connectivity index (χ4n) is 6.56. The van der Waals surface area contributed by atoms with Gasteiger partial charge in [0.2, 0.25) is 0 Å². The Kier molecular flexibility index (Phi) is 39.4. The van der Waals surface area contributed by atoms with Crippen LogP contribution in [0.5, 0.6) is 0 Å². The first-order valence-electron chi connectivity index (χ1n) is 21.6. The lowest BCUT2D eigenvalue weighted by molar-refractivity contribution is -0.152. The second-order valence-corrected chi connectivity index (χ2v) is 14.8. The highest BCUT2D eigenvalue weighted by Crippen LogP contribution is 2.16. The number of esters is 2. The van der Waals surface area contributed by atoms with Gasteiger partial charge in [-0.3, -0.25) is 9.59 Å². The molecule has 48 heavy (non-hydrogen) atoms. The molecule has 0 amide bonds. The van der Waals surface area contributed by atoms with E-state index in [-0.39, 0.29) is 25.2 Å². The number of aliphatic hydroxyl groups excluding tert-OH is 1. The van der Waals surface area contributed by atoms with Gasteiger partial charge in [-0.15, -0.1) is 0 Å². The lowest BCUT2D eigenvalue weighted by atomic mass is 10.0. The molecule has 0 fully saturated rings. The standard InChI is InChI=1S/C43H84O5/c1-3-5-7-9-11-13-15-17-19-20-21-22-24-26-28-30-32-34-36-38-43(46)48-40-41(44)39-47-42(45)37-35-33-31-29-27-25-23-18-16-14-12-10-8-6-4-2/h41,44H,3-40H2,1-2H3/t41-/m0/s1. The zero-order valence-corrected chi connectivity index (χ0v) is 32.5. The van der Waals surface area contributed by atoms with Gasteiger partial charge in [-0.05, 0) is 12.8 Å². The van der Waals surface area contributed by atoms with Crippen molar-refractivity contribution in [2.45, 2.75) is 251 Å². The third-order valence-electron chi connectivity index (χ3n) is 9.84. The van der Waals surface area contributed by atoms with Crippen LogP contribution in [0.15, 0.2) is 0 Å². The van der Waals surface area contributed by atoms with Crippen LogP contribution in [0.4, 0.5) is 0 Å². The molecule has 0 spiro atoms. The Morgan fingerprint density at radius 3 is 0.750 bits per heavy atom. The highest BCUT2D eigenvalue weighted by molar-refractivity contribution is 5.69. The summed E-state index contributed by atoms with van der Waals surface area (Å²) in [5.74, 6) is -0.547. The fourth-order valence-corrected chi connectivity index (χ4v) is 6.56. The first-order chi connectivity index (χ1) is 23.6. The molecule has 0 heterocycles. The van der Waals surface area contributed by atoms with Gasteiger partial charge in [0.25, 0.3) is 0 Å². The maximum absolute atomic E-state index is 12.0. The molecule has 0 saturated heterocycles. The zero-order chi connectivity index (χ0) is 35.0. The summed E-state index contributed by atoms with van der Waals surface area (Å²) >= 11 is 0. The van der Waals surface area contributed by atoms with E-state index in [1.165, 1.54) is 193 Å². The molecule has 0 aromatic carbocycles. The molecule has 0 unspecified atom stereocenters. The number of carbonyl (C=O) groups is 2. The van der Waals surface area contributed by atoms with Crippen LogP contribution >= 0.6 is 0 Å². The monoisotopic (exact) mass is 681 g/mol. The Morgan fingerprint density at radius 1 is 0.354 bits per heavy atom. The van der Waals surface area contributed by atoms with Crippen LogP contribution in [0.3, 0.4) is 0 Å². The minimum Gasteiger partial charge on any atom is -0.463 e. The van der Waals surface area contributed by atoms with Crippen LogP contribution in [-0.2, 0) is 19.1 Å². The molecule has 0 aliphatic rings. The van der Waals surface area contributed by atoms with Crippen molar-refractivity contribution >= 4 is 11.9 Å². The highest BCUT2D eigenvalue weighted by atomic mass is 16.6. The SMILES string of the molecule is CCCCCCCCCCCCCCCCCCCCCC(=O)OC[C@@H](O)COC(=O)CCCCCCCCCCCCCCCCC. The Hall–Kier alpha value is -1.10. The van der Waals surface area contributed by atoms with Crippen molar-refractivity contribution < 1.29 is 24.2 Å². The van der Waals surface area contributed by atoms with Gasteiger partial charge in [0, 0.05) is 12.8 Å². The van der Waals surface area contributed by atoms with Crippen molar-refractivity contribution in [3.63, 3.8) is 0 Å². The van der Waals surface area contributed by atoms with E-state index in [0.717, 1.165) is 25.7 Å². The Morgan fingerprint density at radius 2 is 0.542 bits per heavy atom. The molecule has 1 N–H and O–H groups in total. The molecule has 5 nitrogen and oxygen atoms in total. The van der Waals surface area contributed by atoms with Gasteiger partial charge in [-0.1, -0.05) is 219 Å². The van der Waals surface area contributed by atoms with Crippen LogP contribution in [0, 0.1) is 0 Å². The number of carbonyl (C=O) groups excluding carboxylic acids is 2. The Labute approximate surface area is 299 Å².